The summed E-state index contributed by atoms with van der Waals surface area (Å²) in [7, 11) is 3.23. The van der Waals surface area contributed by atoms with Crippen molar-refractivity contribution < 1.29 is 51.2 Å². The standard InChI is InChI=1S/C25H31F2N3O4.C2HF3O2/c1-33-21-6-3-16(13-22(21)34-2)25-8-7-18(15-23(25)30(10-9-25)11-12-31)29-24(32)28-17-4-5-19(26)20(27)14-17;3-2(4,5)1(6)7/h3-6,13-14,18,23,31H,7-12,15H2,1-2H3,(H2,28,29,32);(H,6,7). The molecule has 2 aromatic carbocycles. The van der Waals surface area contributed by atoms with Crippen molar-refractivity contribution in [3.05, 3.63) is 53.6 Å². The van der Waals surface area contributed by atoms with E-state index in [0.29, 0.717) is 24.5 Å². The quantitative estimate of drug-likeness (QED) is 0.356. The van der Waals surface area contributed by atoms with Gasteiger partial charge in [-0.05, 0) is 62.1 Å². The van der Waals surface area contributed by atoms with Gasteiger partial charge >= 0.3 is 18.2 Å². The van der Waals surface area contributed by atoms with Gasteiger partial charge < -0.3 is 30.3 Å². The number of nitrogens with one attached hydrogen (secondary N) is 2. The number of ether oxygens (including phenoxy) is 2. The average Bonchev–Trinajstić information content (AvgIpc) is 3.29. The number of aliphatic hydroxyl groups is 1. The van der Waals surface area contributed by atoms with Gasteiger partial charge in [0.25, 0.3) is 0 Å². The minimum absolute atomic E-state index is 0.0627. The largest absolute Gasteiger partial charge is 0.493 e. The molecule has 1 heterocycles. The molecule has 2 aliphatic rings. The van der Waals surface area contributed by atoms with Gasteiger partial charge in [-0.1, -0.05) is 6.07 Å². The number of hydrogen-bond donors (Lipinski definition) is 4. The average molecular weight is 590 g/mol. The van der Waals surface area contributed by atoms with E-state index in [0.717, 1.165) is 37.9 Å². The third kappa shape index (κ3) is 7.55. The van der Waals surface area contributed by atoms with Crippen LogP contribution in [0.15, 0.2) is 36.4 Å². The molecule has 2 amide bonds. The Bertz CT molecular complexity index is 1230. The van der Waals surface area contributed by atoms with Gasteiger partial charge in [-0.25, -0.2) is 18.4 Å². The molecule has 4 N–H and O–H groups in total. The third-order valence-electron chi connectivity index (χ3n) is 7.47. The van der Waals surface area contributed by atoms with Crippen LogP contribution in [0.5, 0.6) is 11.5 Å². The van der Waals surface area contributed by atoms with Crippen LogP contribution in [-0.4, -0.2) is 79.3 Å². The van der Waals surface area contributed by atoms with Gasteiger partial charge in [0, 0.05) is 35.8 Å². The summed E-state index contributed by atoms with van der Waals surface area (Å²) >= 11 is 0. The first kappa shape index (κ1) is 31.9. The van der Waals surface area contributed by atoms with Gasteiger partial charge in [0.2, 0.25) is 0 Å². The molecule has 1 saturated heterocycles. The van der Waals surface area contributed by atoms with Crippen LogP contribution in [0.25, 0.3) is 0 Å². The van der Waals surface area contributed by atoms with E-state index in [1.54, 1.807) is 14.2 Å². The molecule has 3 unspecified atom stereocenters. The number of halogens is 5. The molecule has 1 aliphatic heterocycles. The normalized spacial score (nSPS) is 22.1. The molecule has 2 aromatic rings. The van der Waals surface area contributed by atoms with Crippen molar-refractivity contribution in [2.24, 2.45) is 0 Å². The Morgan fingerprint density at radius 3 is 2.32 bits per heavy atom. The molecule has 41 heavy (non-hydrogen) atoms. The Morgan fingerprint density at radius 1 is 1.05 bits per heavy atom. The number of carbonyl (C=O) groups is 2. The molecule has 4 rings (SSSR count). The van der Waals surface area contributed by atoms with Crippen molar-refractivity contribution in [2.45, 2.75) is 49.4 Å². The van der Waals surface area contributed by atoms with Crippen LogP contribution < -0.4 is 20.1 Å². The number of anilines is 1. The fourth-order valence-corrected chi connectivity index (χ4v) is 5.58. The Labute approximate surface area is 233 Å². The van der Waals surface area contributed by atoms with Crippen molar-refractivity contribution in [3.63, 3.8) is 0 Å². The van der Waals surface area contributed by atoms with E-state index in [4.69, 9.17) is 19.4 Å². The summed E-state index contributed by atoms with van der Waals surface area (Å²) in [5, 5.41) is 22.3. The number of carbonyl (C=O) groups excluding carboxylic acids is 1. The fraction of sp³-hybridized carbons (Fsp3) is 0.481. The highest BCUT2D eigenvalue weighted by atomic mass is 19.4. The van der Waals surface area contributed by atoms with Crippen LogP contribution in [0.1, 0.15) is 31.2 Å². The highest BCUT2D eigenvalue weighted by molar-refractivity contribution is 5.89. The number of nitrogens with zero attached hydrogens (tertiary/aromatic N) is 1. The molecular weight excluding hydrogens is 557 g/mol. The van der Waals surface area contributed by atoms with Crippen LogP contribution >= 0.6 is 0 Å². The Hall–Kier alpha value is -3.65. The number of β-amino-alcohol motifs (C(OH)–C–C–N with tert-alkyl or cyclic N) is 1. The van der Waals surface area contributed by atoms with E-state index < -0.39 is 29.8 Å². The number of aliphatic hydroxyl groups excluding tert-OH is 1. The Balaban J connectivity index is 0.000000587. The molecule has 1 aliphatic carbocycles. The zero-order valence-corrected chi connectivity index (χ0v) is 22.4. The summed E-state index contributed by atoms with van der Waals surface area (Å²) < 4.78 is 69.3. The first-order valence-corrected chi connectivity index (χ1v) is 12.7. The van der Waals surface area contributed by atoms with E-state index >= 15 is 0 Å². The molecule has 3 atom stereocenters. The van der Waals surface area contributed by atoms with Crippen molar-refractivity contribution in [2.75, 3.05) is 39.2 Å². The van der Waals surface area contributed by atoms with E-state index in [-0.39, 0.29) is 29.8 Å². The SMILES string of the molecule is COc1ccc(C23CCC(NC(=O)Nc4ccc(F)c(F)c4)CC2N(CCO)CC3)cc1OC.O=C(O)C(F)(F)F. The maximum Gasteiger partial charge on any atom is 0.490 e. The van der Waals surface area contributed by atoms with Crippen LogP contribution in [0.3, 0.4) is 0 Å². The number of amides is 2. The summed E-state index contributed by atoms with van der Waals surface area (Å²) in [6.07, 6.45) is -1.81. The highest BCUT2D eigenvalue weighted by Crippen LogP contribution is 2.50. The minimum Gasteiger partial charge on any atom is -0.493 e. The minimum atomic E-state index is -5.08. The van der Waals surface area contributed by atoms with E-state index in [1.807, 2.05) is 12.1 Å². The number of benzene rings is 2. The third-order valence-corrected chi connectivity index (χ3v) is 7.47. The van der Waals surface area contributed by atoms with E-state index in [1.165, 1.54) is 11.6 Å². The summed E-state index contributed by atoms with van der Waals surface area (Å²) in [6, 6.07) is 8.88. The predicted octanol–water partition coefficient (Wildman–Crippen LogP) is 4.29. The summed E-state index contributed by atoms with van der Waals surface area (Å²) in [6.45, 7) is 1.48. The van der Waals surface area contributed by atoms with Gasteiger partial charge in [-0.15, -0.1) is 0 Å². The lowest BCUT2D eigenvalue weighted by atomic mass is 9.65. The smallest absolute Gasteiger partial charge is 0.490 e. The second-order valence-electron chi connectivity index (χ2n) is 9.75. The lowest BCUT2D eigenvalue weighted by Gasteiger charge is -2.45. The predicted molar refractivity (Wildman–Crippen MR) is 138 cm³/mol. The molecule has 226 valence electrons. The zero-order chi connectivity index (χ0) is 30.4. The number of carboxylic acids is 1. The molecule has 0 bridgehead atoms. The first-order valence-electron chi connectivity index (χ1n) is 12.7. The second kappa shape index (κ2) is 13.3. The van der Waals surface area contributed by atoms with E-state index in [9.17, 15) is 31.9 Å². The molecule has 2 fully saturated rings. The number of rotatable bonds is 7. The maximum atomic E-state index is 13.5. The molecule has 0 spiro atoms. The van der Waals surface area contributed by atoms with Crippen LogP contribution in [-0.2, 0) is 10.2 Å². The van der Waals surface area contributed by atoms with Gasteiger partial charge in [0.05, 0.1) is 20.8 Å². The molecule has 0 aromatic heterocycles. The molecule has 14 heteroatoms. The van der Waals surface area contributed by atoms with Crippen LogP contribution in [0.2, 0.25) is 0 Å². The molecular formula is C27H32F5N3O6. The number of urea groups is 1. The number of aliphatic carboxylic acids is 1. The van der Waals surface area contributed by atoms with Gasteiger partial charge in [0.15, 0.2) is 23.1 Å². The number of methoxy groups -OCH3 is 2. The van der Waals surface area contributed by atoms with Crippen molar-refractivity contribution in [1.29, 1.82) is 0 Å². The number of fused-ring (bicyclic) bond motifs is 1. The van der Waals surface area contributed by atoms with Gasteiger partial charge in [0.1, 0.15) is 0 Å². The topological polar surface area (TPSA) is 120 Å². The number of hydrogen-bond acceptors (Lipinski definition) is 6. The lowest BCUT2D eigenvalue weighted by Crippen LogP contribution is -2.53. The van der Waals surface area contributed by atoms with Crippen molar-refractivity contribution in [3.8, 4) is 11.5 Å². The Morgan fingerprint density at radius 2 is 1.73 bits per heavy atom. The zero-order valence-electron chi connectivity index (χ0n) is 22.4. The molecule has 1 saturated carbocycles. The molecule has 0 radical (unpaired) electrons. The van der Waals surface area contributed by atoms with Crippen molar-refractivity contribution >= 4 is 17.7 Å². The fourth-order valence-electron chi connectivity index (χ4n) is 5.58. The summed E-state index contributed by atoms with van der Waals surface area (Å²) in [4.78, 5) is 23.7. The molecule has 9 nitrogen and oxygen atoms in total. The number of carboxylic acid groups (broad SMARTS) is 1. The summed E-state index contributed by atoms with van der Waals surface area (Å²) in [5.74, 6) is -3.38. The number of alkyl halides is 3. The lowest BCUT2D eigenvalue weighted by molar-refractivity contribution is -0.192. The van der Waals surface area contributed by atoms with Crippen LogP contribution in [0, 0.1) is 11.6 Å². The number of likely N-dealkylation sites (tertiary alicyclic amines) is 1. The van der Waals surface area contributed by atoms with Crippen molar-refractivity contribution in [1.82, 2.24) is 10.2 Å². The summed E-state index contributed by atoms with van der Waals surface area (Å²) in [5.41, 5.74) is 1.23. The van der Waals surface area contributed by atoms with Crippen LogP contribution in [0.4, 0.5) is 32.4 Å². The Kier molecular flexibility index (Phi) is 10.4. The van der Waals surface area contributed by atoms with E-state index in [2.05, 4.69) is 21.6 Å². The monoisotopic (exact) mass is 589 g/mol. The maximum absolute atomic E-state index is 13.5. The first-order chi connectivity index (χ1) is 19.3. The second-order valence-corrected chi connectivity index (χ2v) is 9.75. The highest BCUT2D eigenvalue weighted by Gasteiger charge is 2.51. The van der Waals surface area contributed by atoms with Gasteiger partial charge in [-0.3, -0.25) is 4.90 Å². The van der Waals surface area contributed by atoms with Gasteiger partial charge in [-0.2, -0.15) is 13.2 Å².